The number of ether oxygens (including phenoxy) is 2. The van der Waals surface area contributed by atoms with Gasteiger partial charge in [-0.15, -0.1) is 0 Å². The number of rotatable bonds is 7. The number of halogens is 1. The summed E-state index contributed by atoms with van der Waals surface area (Å²) in [6.45, 7) is 5.72. The molecule has 17 heavy (non-hydrogen) atoms. The largest absolute Gasteiger partial charge is 0.378 e. The molecule has 2 atom stereocenters. The molecule has 1 saturated heterocycles. The van der Waals surface area contributed by atoms with Crippen LogP contribution in [0.15, 0.2) is 0 Å². The van der Waals surface area contributed by atoms with Crippen molar-refractivity contribution in [3.05, 3.63) is 0 Å². The lowest BCUT2D eigenvalue weighted by Crippen LogP contribution is -2.25. The lowest BCUT2D eigenvalue weighted by Gasteiger charge is -2.20. The predicted octanol–water partition coefficient (Wildman–Crippen LogP) is 2.02. The van der Waals surface area contributed by atoms with Crippen molar-refractivity contribution in [1.29, 1.82) is 0 Å². The van der Waals surface area contributed by atoms with E-state index in [4.69, 9.17) is 20.2 Å². The molecule has 0 aliphatic carbocycles. The van der Waals surface area contributed by atoms with Crippen LogP contribution < -0.4 is 0 Å². The smallest absolute Gasteiger partial charge is 0.232 e. The van der Waals surface area contributed by atoms with Crippen molar-refractivity contribution >= 4 is 19.7 Å². The lowest BCUT2D eigenvalue weighted by atomic mass is 9.99. The molecule has 0 saturated carbocycles. The Morgan fingerprint density at radius 2 is 2.18 bits per heavy atom. The lowest BCUT2D eigenvalue weighted by molar-refractivity contribution is 0.00272. The SMILES string of the molecule is CC(C)C(COCC1CCCO1)CS(=O)(=O)Cl. The summed E-state index contributed by atoms with van der Waals surface area (Å²) in [5, 5.41) is 0. The standard InChI is InChI=1S/C11H21ClO4S/c1-9(2)10(8-17(12,13)14)6-15-7-11-4-3-5-16-11/h9-11H,3-8H2,1-2H3. The molecule has 0 spiro atoms. The van der Waals surface area contributed by atoms with Crippen LogP contribution in [-0.4, -0.2) is 40.1 Å². The Kier molecular flexibility index (Phi) is 6.20. The van der Waals surface area contributed by atoms with Crippen LogP contribution in [0.3, 0.4) is 0 Å². The molecule has 4 nitrogen and oxygen atoms in total. The molecule has 0 aromatic heterocycles. The molecule has 1 aliphatic heterocycles. The van der Waals surface area contributed by atoms with E-state index in [1.54, 1.807) is 0 Å². The number of hydrogen-bond acceptors (Lipinski definition) is 4. The van der Waals surface area contributed by atoms with E-state index in [2.05, 4.69) is 0 Å². The molecule has 0 radical (unpaired) electrons. The molecule has 6 heteroatoms. The zero-order chi connectivity index (χ0) is 12.9. The molecular weight excluding hydrogens is 264 g/mol. The van der Waals surface area contributed by atoms with E-state index in [1.807, 2.05) is 13.8 Å². The van der Waals surface area contributed by atoms with E-state index < -0.39 is 9.05 Å². The molecule has 2 unspecified atom stereocenters. The molecule has 0 bridgehead atoms. The Morgan fingerprint density at radius 3 is 2.65 bits per heavy atom. The Hall–Kier alpha value is 0.160. The van der Waals surface area contributed by atoms with Crippen molar-refractivity contribution < 1.29 is 17.9 Å². The van der Waals surface area contributed by atoms with Gasteiger partial charge in [-0.25, -0.2) is 8.42 Å². The molecule has 0 aromatic carbocycles. The van der Waals surface area contributed by atoms with Gasteiger partial charge in [-0.2, -0.15) is 0 Å². The second-order valence-corrected chi connectivity index (χ2v) is 7.70. The summed E-state index contributed by atoms with van der Waals surface area (Å²) in [5.74, 6) is 0.143. The van der Waals surface area contributed by atoms with Gasteiger partial charge in [0.1, 0.15) is 0 Å². The van der Waals surface area contributed by atoms with Gasteiger partial charge in [0, 0.05) is 17.3 Å². The third-order valence-corrected chi connectivity index (χ3v) is 4.22. The topological polar surface area (TPSA) is 52.6 Å². The molecule has 1 heterocycles. The summed E-state index contributed by atoms with van der Waals surface area (Å²) in [6, 6.07) is 0. The Morgan fingerprint density at radius 1 is 1.47 bits per heavy atom. The van der Waals surface area contributed by atoms with E-state index in [1.165, 1.54) is 0 Å². The maximum absolute atomic E-state index is 11.1. The maximum atomic E-state index is 11.1. The van der Waals surface area contributed by atoms with Gasteiger partial charge in [0.05, 0.1) is 25.1 Å². The summed E-state index contributed by atoms with van der Waals surface area (Å²) in [4.78, 5) is 0. The molecule has 102 valence electrons. The van der Waals surface area contributed by atoms with Crippen LogP contribution in [-0.2, 0) is 18.5 Å². The van der Waals surface area contributed by atoms with Crippen LogP contribution in [0.4, 0.5) is 0 Å². The van der Waals surface area contributed by atoms with Gasteiger partial charge < -0.3 is 9.47 Å². The van der Waals surface area contributed by atoms with Gasteiger partial charge in [-0.3, -0.25) is 0 Å². The predicted molar refractivity (Wildman–Crippen MR) is 67.8 cm³/mol. The summed E-state index contributed by atoms with van der Waals surface area (Å²) >= 11 is 0. The van der Waals surface area contributed by atoms with Gasteiger partial charge in [0.25, 0.3) is 0 Å². The Balaban J connectivity index is 2.29. The highest BCUT2D eigenvalue weighted by atomic mass is 35.7. The van der Waals surface area contributed by atoms with E-state index in [0.29, 0.717) is 13.2 Å². The zero-order valence-electron chi connectivity index (χ0n) is 10.4. The Labute approximate surface area is 108 Å². The van der Waals surface area contributed by atoms with Gasteiger partial charge in [0.2, 0.25) is 9.05 Å². The van der Waals surface area contributed by atoms with E-state index in [-0.39, 0.29) is 23.7 Å². The second-order valence-electron chi connectivity index (χ2n) is 4.88. The quantitative estimate of drug-likeness (QED) is 0.671. The van der Waals surface area contributed by atoms with E-state index >= 15 is 0 Å². The first kappa shape index (κ1) is 15.2. The van der Waals surface area contributed by atoms with Crippen LogP contribution in [0.5, 0.6) is 0 Å². The molecular formula is C11H21ClO4S. The highest BCUT2D eigenvalue weighted by Crippen LogP contribution is 2.17. The highest BCUT2D eigenvalue weighted by Gasteiger charge is 2.22. The summed E-state index contributed by atoms with van der Waals surface area (Å²) in [7, 11) is 1.81. The Bertz CT molecular complexity index is 309. The summed E-state index contributed by atoms with van der Waals surface area (Å²) in [5.41, 5.74) is 0. The van der Waals surface area contributed by atoms with Gasteiger partial charge in [0.15, 0.2) is 0 Å². The first-order chi connectivity index (χ1) is 7.88. The van der Waals surface area contributed by atoms with Crippen molar-refractivity contribution in [3.8, 4) is 0 Å². The van der Waals surface area contributed by atoms with Crippen molar-refractivity contribution in [2.24, 2.45) is 11.8 Å². The fraction of sp³-hybridized carbons (Fsp3) is 1.00. The minimum absolute atomic E-state index is 0.0300. The third kappa shape index (κ3) is 6.60. The number of hydrogen-bond donors (Lipinski definition) is 0. The van der Waals surface area contributed by atoms with Crippen molar-refractivity contribution in [3.63, 3.8) is 0 Å². The summed E-state index contributed by atoms with van der Waals surface area (Å²) in [6.07, 6.45) is 2.29. The second kappa shape index (κ2) is 6.92. The van der Waals surface area contributed by atoms with Gasteiger partial charge in [-0.1, -0.05) is 13.8 Å². The minimum atomic E-state index is -3.46. The van der Waals surface area contributed by atoms with Crippen LogP contribution in [0.25, 0.3) is 0 Å². The van der Waals surface area contributed by atoms with Crippen molar-refractivity contribution in [2.75, 3.05) is 25.6 Å². The van der Waals surface area contributed by atoms with Crippen LogP contribution in [0.1, 0.15) is 26.7 Å². The minimum Gasteiger partial charge on any atom is -0.378 e. The molecule has 0 amide bonds. The zero-order valence-corrected chi connectivity index (χ0v) is 12.0. The first-order valence-electron chi connectivity index (χ1n) is 6.00. The molecule has 1 fully saturated rings. The maximum Gasteiger partial charge on any atom is 0.232 e. The van der Waals surface area contributed by atoms with Crippen LogP contribution in [0, 0.1) is 11.8 Å². The summed E-state index contributed by atoms with van der Waals surface area (Å²) < 4.78 is 33.1. The third-order valence-electron chi connectivity index (χ3n) is 3.02. The van der Waals surface area contributed by atoms with Crippen LogP contribution in [0.2, 0.25) is 0 Å². The highest BCUT2D eigenvalue weighted by molar-refractivity contribution is 8.13. The fourth-order valence-corrected chi connectivity index (χ4v) is 3.29. The molecule has 1 aliphatic rings. The normalized spacial score (nSPS) is 23.2. The van der Waals surface area contributed by atoms with E-state index in [0.717, 1.165) is 19.4 Å². The fourth-order valence-electron chi connectivity index (χ4n) is 1.82. The average molecular weight is 285 g/mol. The first-order valence-corrected chi connectivity index (χ1v) is 8.48. The van der Waals surface area contributed by atoms with Gasteiger partial charge >= 0.3 is 0 Å². The van der Waals surface area contributed by atoms with Crippen molar-refractivity contribution in [2.45, 2.75) is 32.8 Å². The van der Waals surface area contributed by atoms with E-state index in [9.17, 15) is 8.42 Å². The average Bonchev–Trinajstić information content (AvgIpc) is 2.67. The molecule has 0 N–H and O–H groups in total. The molecule has 1 rings (SSSR count). The van der Waals surface area contributed by atoms with Crippen LogP contribution >= 0.6 is 10.7 Å². The monoisotopic (exact) mass is 284 g/mol. The van der Waals surface area contributed by atoms with Gasteiger partial charge in [-0.05, 0) is 24.7 Å². The molecule has 0 aromatic rings. The van der Waals surface area contributed by atoms with Crippen molar-refractivity contribution in [1.82, 2.24) is 0 Å².